The smallest absolute Gasteiger partial charge is 0.512 e. The largest absolute Gasteiger partial charge is 3.00 e. The zero-order valence-electron chi connectivity index (χ0n) is 23.4. The molecule has 0 fully saturated rings. The van der Waals surface area contributed by atoms with Gasteiger partial charge in [-0.05, 0) is 0 Å². The topological polar surface area (TPSA) is 535 Å². The molecule has 0 heterocycles. The Kier molecular flexibility index (Phi) is 91900. The summed E-state index contributed by atoms with van der Waals surface area (Å²) in [4.78, 5) is 0. The molecule has 0 aromatic rings. The molecule has 42 heavy (non-hydrogen) atoms. The summed E-state index contributed by atoms with van der Waals surface area (Å²) in [5.74, 6) is 0. The van der Waals surface area contributed by atoms with Gasteiger partial charge in [-0.2, -0.15) is 0 Å². The molecule has 0 aliphatic carbocycles. The van der Waals surface area contributed by atoms with Gasteiger partial charge in [0.2, 0.25) is 0 Å². The van der Waals surface area contributed by atoms with Crippen molar-refractivity contribution < 1.29 is 169 Å². The van der Waals surface area contributed by atoms with E-state index < -0.39 is 0 Å². The van der Waals surface area contributed by atoms with Gasteiger partial charge >= 0.3 is 169 Å². The fraction of sp³-hybridized carbons (Fsp3) is 0. The van der Waals surface area contributed by atoms with E-state index in [4.69, 9.17) is 178 Å². The van der Waals surface area contributed by atoms with Crippen molar-refractivity contribution in [3.05, 3.63) is 98.6 Å². The second kappa shape index (κ2) is 10500. The zero-order chi connectivity index (χ0) is 30.0. The molecule has 17 N–H and O–H groups in total. The predicted molar refractivity (Wildman–Crippen MR) is 102 cm³/mol. The maximum Gasteiger partial charge on any atom is 3.00 e. The van der Waals surface area contributed by atoms with Crippen LogP contribution < -0.4 is 149 Å². The molecule has 0 atom stereocenters. The van der Waals surface area contributed by atoms with Crippen LogP contribution in [0.3, 0.4) is 0 Å². The maximum atomic E-state index is 6.25. The van der Waals surface area contributed by atoms with Crippen LogP contribution in [0.5, 0.6) is 0 Å². The summed E-state index contributed by atoms with van der Waals surface area (Å²) in [6, 6.07) is 0. The van der Waals surface area contributed by atoms with E-state index in [0.717, 1.165) is 0 Å². The van der Waals surface area contributed by atoms with E-state index in [1.165, 1.54) is 0 Å². The molecule has 0 aromatic heterocycles. The maximum absolute atomic E-state index is 6.25. The summed E-state index contributed by atoms with van der Waals surface area (Å²) in [5, 5.41) is 93.8. The van der Waals surface area contributed by atoms with E-state index in [2.05, 4.69) is 0 Å². The van der Waals surface area contributed by atoms with Crippen LogP contribution >= 0.6 is 0 Å². The molecule has 0 spiro atoms. The van der Waals surface area contributed by atoms with E-state index in [-0.39, 0.29) is 200 Å². The minimum absolute atomic E-state index is 0. The van der Waals surface area contributed by atoms with Gasteiger partial charge in [0.05, 0.1) is 0 Å². The summed E-state index contributed by atoms with van der Waals surface area (Å²) >= 11 is 0. The van der Waals surface area contributed by atoms with Gasteiger partial charge in [-0.25, -0.2) is 0 Å². The van der Waals surface area contributed by atoms with Crippen LogP contribution in [0.25, 0.3) is 0 Å². The van der Waals surface area contributed by atoms with Crippen molar-refractivity contribution in [2.24, 2.45) is 0 Å². The first-order valence-corrected chi connectivity index (χ1v) is 3.35. The van der Waals surface area contributed by atoms with Crippen molar-refractivity contribution in [3.8, 4) is 0 Å². The molecule has 0 aromatic carbocycles. The molecule has 0 saturated carbocycles. The van der Waals surface area contributed by atoms with Crippen LogP contribution in [0.4, 0.5) is 0 Å². The van der Waals surface area contributed by atoms with Gasteiger partial charge in [-0.3, -0.25) is 0 Å². The molecule has 0 aliphatic heterocycles. The molecule has 0 saturated heterocycles. The average Bonchev–Trinajstić information content (AvgIpc) is 3.00. The van der Waals surface area contributed by atoms with Crippen molar-refractivity contribution in [1.82, 2.24) is 30.8 Å². The van der Waals surface area contributed by atoms with Crippen LogP contribution in [0.15, 0.2) is 0 Å². The molecular weight excluding hydrogens is 720 g/mol. The summed E-state index contributed by atoms with van der Waals surface area (Å²) in [6.07, 6.45) is 0. The molecule has 0 rings (SSSR count). The molecule has 0 unspecified atom stereocenters. The van der Waals surface area contributed by atoms with Crippen molar-refractivity contribution in [2.45, 2.75) is 0 Å². The molecular formula is C15H17Fe3N20Na4. The van der Waals surface area contributed by atoms with E-state index >= 15 is 0 Å². The normalized spacial score (nSPS) is 0.714. The number of rotatable bonds is 0. The minimum Gasteiger partial charge on any atom is -0.512 e. The molecule has 20 nitrogen and oxygen atoms in total. The molecule has 205 valence electrons. The first-order valence-electron chi connectivity index (χ1n) is 3.35. The van der Waals surface area contributed by atoms with Gasteiger partial charge < -0.3 is 208 Å². The molecule has 3 radical (unpaired) electrons. The average molecular weight is 737 g/mol. The third-order valence-electron chi connectivity index (χ3n) is 0. The van der Waals surface area contributed by atoms with E-state index in [1.54, 1.807) is 0 Å². The number of quaternary nitrogens is 2. The van der Waals surface area contributed by atoms with Gasteiger partial charge in [0.1, 0.15) is 0 Å². The van der Waals surface area contributed by atoms with Crippen LogP contribution in [0.2, 0.25) is 0 Å². The van der Waals surface area contributed by atoms with Crippen LogP contribution in [0, 0.1) is 178 Å². The van der Waals surface area contributed by atoms with E-state index in [9.17, 15) is 0 Å². The number of hydrogen-bond acceptors (Lipinski definition) is 18. The standard InChI is InChI=1S/15CN.3Fe.5H3N.4Na/c15*1-2;;;;;;;;;;;;/h;;;;;;;;;;;;;;;;;;5*1H3;;;;/q15*-1;3*+3;;;;;;4*+1/p+2. The Morgan fingerprint density at radius 3 is 0.167 bits per heavy atom. The summed E-state index contributed by atoms with van der Waals surface area (Å²) in [7, 11) is 0. The van der Waals surface area contributed by atoms with E-state index in [1.807, 2.05) is 0 Å². The summed E-state index contributed by atoms with van der Waals surface area (Å²) < 4.78 is 0. The van der Waals surface area contributed by atoms with Crippen LogP contribution in [-0.4, -0.2) is 0 Å². The fourth-order valence-electron chi connectivity index (χ4n) is 0. The van der Waals surface area contributed by atoms with Gasteiger partial charge in [-0.1, -0.05) is 0 Å². The van der Waals surface area contributed by atoms with Crippen LogP contribution in [0.1, 0.15) is 0 Å². The molecule has 0 aliphatic rings. The van der Waals surface area contributed by atoms with Gasteiger partial charge in [-0.15, -0.1) is 0 Å². The Bertz CT molecular complexity index is 316. The van der Waals surface area contributed by atoms with Crippen molar-refractivity contribution in [3.63, 3.8) is 0 Å². The minimum atomic E-state index is 0. The van der Waals surface area contributed by atoms with E-state index in [0.29, 0.717) is 0 Å². The number of nitrogens with zero attached hydrogens (tertiary/aromatic N) is 15. The molecule has 0 bridgehead atoms. The van der Waals surface area contributed by atoms with Crippen molar-refractivity contribution in [2.75, 3.05) is 0 Å². The van der Waals surface area contributed by atoms with Gasteiger partial charge in [0.15, 0.2) is 0 Å². The van der Waals surface area contributed by atoms with Gasteiger partial charge in [0, 0.05) is 0 Å². The molecule has 0 amide bonds. The Labute approximate surface area is 372 Å². The Morgan fingerprint density at radius 1 is 0.167 bits per heavy atom. The third kappa shape index (κ3) is 9680. The van der Waals surface area contributed by atoms with Gasteiger partial charge in [0.25, 0.3) is 0 Å². The fourth-order valence-corrected chi connectivity index (χ4v) is 0. The Hall–Kier alpha value is -2.29. The quantitative estimate of drug-likeness (QED) is 0.114. The second-order valence-corrected chi connectivity index (χ2v) is 0. The Balaban J connectivity index is -0.00000000225. The Morgan fingerprint density at radius 2 is 0.167 bits per heavy atom. The predicted octanol–water partition coefficient (Wildman–Crippen LogP) is -9.31. The third-order valence-corrected chi connectivity index (χ3v) is 0. The monoisotopic (exact) mass is 737 g/mol. The SMILES string of the molecule is N.N.N.[C-]#N.[C-]#N.[C-]#N.[C-]#N.[C-]#N.[C-]#N.[C-]#N.[C-]#N.[C-]#N.[C-]#N.[C-]#N.[C-]#N.[C-]#N.[C-]#N.[C-]#N.[Fe+3].[Fe+3].[Fe+3].[NH4+].[NH4+].[Na+].[Na+].[Na+].[Na+]. The van der Waals surface area contributed by atoms with Crippen molar-refractivity contribution in [1.29, 1.82) is 78.9 Å². The first kappa shape index (κ1) is 368. The summed E-state index contributed by atoms with van der Waals surface area (Å²) in [5.41, 5.74) is 0. The first-order chi connectivity index (χ1) is 15.0. The van der Waals surface area contributed by atoms with Crippen LogP contribution in [-0.2, 0) is 51.2 Å². The van der Waals surface area contributed by atoms with Crippen molar-refractivity contribution >= 4 is 0 Å². The number of hydrogen-bond donors (Lipinski definition) is 5. The zero-order valence-corrected chi connectivity index (χ0v) is 34.7. The summed E-state index contributed by atoms with van der Waals surface area (Å²) in [6.45, 7) is 71.2. The molecule has 27 heteroatoms. The second-order valence-electron chi connectivity index (χ2n) is 0.